The van der Waals surface area contributed by atoms with Crippen LogP contribution >= 0.6 is 0 Å². The van der Waals surface area contributed by atoms with Gasteiger partial charge >= 0.3 is 6.03 Å². The van der Waals surface area contributed by atoms with E-state index in [1.54, 1.807) is 25.1 Å². The molecule has 30 heavy (non-hydrogen) atoms. The van der Waals surface area contributed by atoms with Gasteiger partial charge in [0.2, 0.25) is 10.0 Å². The monoisotopic (exact) mass is 442 g/mol. The van der Waals surface area contributed by atoms with Crippen LogP contribution in [0.15, 0.2) is 18.2 Å². The zero-order valence-electron chi connectivity index (χ0n) is 18.2. The third kappa shape index (κ3) is 7.66. The number of hydrogen-bond acceptors (Lipinski definition) is 6. The Morgan fingerprint density at radius 1 is 1.27 bits per heavy atom. The minimum absolute atomic E-state index is 0.0424. The molecule has 1 aromatic carbocycles. The predicted octanol–water partition coefficient (Wildman–Crippen LogP) is 2.33. The SMILES string of the molecule is CCS(=O)(=O)Nc1ccc(NC(=O)NCC(CC(C)C)N2CCOCC2)cc1OC. The lowest BCUT2D eigenvalue weighted by Gasteiger charge is -2.35. The van der Waals surface area contributed by atoms with Crippen molar-refractivity contribution < 1.29 is 22.7 Å². The van der Waals surface area contributed by atoms with Gasteiger partial charge in [0.05, 0.1) is 31.8 Å². The van der Waals surface area contributed by atoms with Crippen LogP contribution in [0.2, 0.25) is 0 Å². The summed E-state index contributed by atoms with van der Waals surface area (Å²) in [6.45, 7) is 9.61. The van der Waals surface area contributed by atoms with Crippen LogP contribution in [0, 0.1) is 5.92 Å². The van der Waals surface area contributed by atoms with Crippen molar-refractivity contribution in [3.63, 3.8) is 0 Å². The van der Waals surface area contributed by atoms with Gasteiger partial charge in [-0.15, -0.1) is 0 Å². The molecular weight excluding hydrogens is 408 g/mol. The molecule has 1 heterocycles. The molecule has 170 valence electrons. The lowest BCUT2D eigenvalue weighted by Crippen LogP contribution is -2.49. The molecule has 10 heteroatoms. The summed E-state index contributed by atoms with van der Waals surface area (Å²) in [7, 11) is -1.98. The molecule has 0 aromatic heterocycles. The van der Waals surface area contributed by atoms with Crippen molar-refractivity contribution in [2.45, 2.75) is 33.2 Å². The number of benzene rings is 1. The Bertz CT molecular complexity index is 794. The summed E-state index contributed by atoms with van der Waals surface area (Å²) in [6, 6.07) is 4.71. The molecule has 1 unspecified atom stereocenters. The number of anilines is 2. The van der Waals surface area contributed by atoms with Crippen LogP contribution in [-0.4, -0.2) is 71.1 Å². The molecule has 0 saturated carbocycles. The van der Waals surface area contributed by atoms with E-state index in [-0.39, 0.29) is 17.8 Å². The molecule has 2 amide bonds. The van der Waals surface area contributed by atoms with Gasteiger partial charge in [0.25, 0.3) is 0 Å². The highest BCUT2D eigenvalue weighted by Crippen LogP contribution is 2.28. The number of amides is 2. The molecule has 1 aliphatic rings. The number of nitrogens with zero attached hydrogens (tertiary/aromatic N) is 1. The summed E-state index contributed by atoms with van der Waals surface area (Å²) in [5.74, 6) is 0.807. The van der Waals surface area contributed by atoms with E-state index in [9.17, 15) is 13.2 Å². The number of sulfonamides is 1. The molecule has 2 rings (SSSR count). The smallest absolute Gasteiger partial charge is 0.319 e. The fourth-order valence-corrected chi connectivity index (χ4v) is 3.98. The van der Waals surface area contributed by atoms with E-state index in [1.165, 1.54) is 7.11 Å². The van der Waals surface area contributed by atoms with Crippen LogP contribution < -0.4 is 20.1 Å². The first-order chi connectivity index (χ1) is 14.2. The maximum atomic E-state index is 12.4. The minimum Gasteiger partial charge on any atom is -0.494 e. The number of morpholine rings is 1. The highest BCUT2D eigenvalue weighted by Gasteiger charge is 2.22. The highest BCUT2D eigenvalue weighted by atomic mass is 32.2. The Morgan fingerprint density at radius 2 is 1.97 bits per heavy atom. The second kappa shape index (κ2) is 11.4. The van der Waals surface area contributed by atoms with Gasteiger partial charge in [-0.05, 0) is 31.4 Å². The van der Waals surface area contributed by atoms with E-state index in [4.69, 9.17) is 9.47 Å². The first kappa shape index (κ1) is 24.2. The van der Waals surface area contributed by atoms with Crippen molar-refractivity contribution in [3.8, 4) is 5.75 Å². The number of carbonyl (C=O) groups is 1. The highest BCUT2D eigenvalue weighted by molar-refractivity contribution is 7.92. The molecule has 1 aliphatic heterocycles. The van der Waals surface area contributed by atoms with Crippen LogP contribution in [-0.2, 0) is 14.8 Å². The normalized spacial score (nSPS) is 16.2. The van der Waals surface area contributed by atoms with E-state index in [1.807, 2.05) is 0 Å². The fraction of sp³-hybridized carbons (Fsp3) is 0.650. The maximum absolute atomic E-state index is 12.4. The largest absolute Gasteiger partial charge is 0.494 e. The van der Waals surface area contributed by atoms with Crippen LogP contribution in [0.1, 0.15) is 27.2 Å². The van der Waals surface area contributed by atoms with Gasteiger partial charge in [-0.25, -0.2) is 13.2 Å². The number of rotatable bonds is 10. The first-order valence-corrected chi connectivity index (χ1v) is 11.9. The van der Waals surface area contributed by atoms with Gasteiger partial charge < -0.3 is 20.1 Å². The van der Waals surface area contributed by atoms with E-state index in [0.29, 0.717) is 42.8 Å². The molecule has 0 spiro atoms. The van der Waals surface area contributed by atoms with Crippen LogP contribution in [0.3, 0.4) is 0 Å². The average Bonchev–Trinajstić information content (AvgIpc) is 2.72. The molecule has 1 atom stereocenters. The van der Waals surface area contributed by atoms with Crippen LogP contribution in [0.4, 0.5) is 16.2 Å². The number of urea groups is 1. The van der Waals surface area contributed by atoms with Gasteiger partial charge in [-0.3, -0.25) is 9.62 Å². The number of methoxy groups -OCH3 is 1. The second-order valence-electron chi connectivity index (χ2n) is 7.69. The minimum atomic E-state index is -3.42. The van der Waals surface area contributed by atoms with Gasteiger partial charge in [0.1, 0.15) is 5.75 Å². The van der Waals surface area contributed by atoms with E-state index >= 15 is 0 Å². The third-order valence-electron chi connectivity index (χ3n) is 4.91. The predicted molar refractivity (Wildman–Crippen MR) is 119 cm³/mol. The molecule has 0 radical (unpaired) electrons. The summed E-state index contributed by atoms with van der Waals surface area (Å²) in [5.41, 5.74) is 0.838. The molecule has 1 saturated heterocycles. The zero-order valence-corrected chi connectivity index (χ0v) is 19.0. The van der Waals surface area contributed by atoms with Crippen molar-refractivity contribution in [3.05, 3.63) is 18.2 Å². The molecule has 1 fully saturated rings. The lowest BCUT2D eigenvalue weighted by molar-refractivity contribution is 0.0130. The van der Waals surface area contributed by atoms with Crippen LogP contribution in [0.25, 0.3) is 0 Å². The Morgan fingerprint density at radius 3 is 2.57 bits per heavy atom. The molecule has 1 aromatic rings. The van der Waals surface area contributed by atoms with E-state index < -0.39 is 10.0 Å². The quantitative estimate of drug-likeness (QED) is 0.513. The Kier molecular flexibility index (Phi) is 9.19. The molecule has 9 nitrogen and oxygen atoms in total. The van der Waals surface area contributed by atoms with Crippen molar-refractivity contribution >= 4 is 27.4 Å². The molecular formula is C20H34N4O5S. The fourth-order valence-electron chi connectivity index (χ4n) is 3.33. The first-order valence-electron chi connectivity index (χ1n) is 10.3. The third-order valence-corrected chi connectivity index (χ3v) is 6.20. The number of hydrogen-bond donors (Lipinski definition) is 3. The summed E-state index contributed by atoms with van der Waals surface area (Å²) in [4.78, 5) is 14.8. The van der Waals surface area contributed by atoms with Gasteiger partial charge in [-0.2, -0.15) is 0 Å². The maximum Gasteiger partial charge on any atom is 0.319 e. The number of nitrogens with one attached hydrogen (secondary N) is 3. The van der Waals surface area contributed by atoms with Crippen molar-refractivity contribution in [2.24, 2.45) is 5.92 Å². The second-order valence-corrected chi connectivity index (χ2v) is 9.70. The summed E-state index contributed by atoms with van der Waals surface area (Å²) >= 11 is 0. The Balaban J connectivity index is 1.97. The zero-order chi connectivity index (χ0) is 22.1. The molecule has 0 aliphatic carbocycles. The van der Waals surface area contributed by atoms with Gasteiger partial charge in [0, 0.05) is 37.4 Å². The van der Waals surface area contributed by atoms with Gasteiger partial charge in [-0.1, -0.05) is 13.8 Å². The van der Waals surface area contributed by atoms with Crippen molar-refractivity contribution in [1.82, 2.24) is 10.2 Å². The van der Waals surface area contributed by atoms with Crippen LogP contribution in [0.5, 0.6) is 5.75 Å². The number of carbonyl (C=O) groups excluding carboxylic acids is 1. The van der Waals surface area contributed by atoms with Gasteiger partial charge in [0.15, 0.2) is 0 Å². The summed E-state index contributed by atoms with van der Waals surface area (Å²) in [6.07, 6.45) is 0.986. The number of ether oxygens (including phenoxy) is 2. The van der Waals surface area contributed by atoms with Crippen molar-refractivity contribution in [1.29, 1.82) is 0 Å². The van der Waals surface area contributed by atoms with Crippen molar-refractivity contribution in [2.75, 3.05) is 55.7 Å². The lowest BCUT2D eigenvalue weighted by atomic mass is 10.0. The Hall–Kier alpha value is -2.04. The molecule has 0 bridgehead atoms. The summed E-state index contributed by atoms with van der Waals surface area (Å²) in [5, 5.41) is 5.73. The van der Waals surface area contributed by atoms with E-state index in [0.717, 1.165) is 19.5 Å². The topological polar surface area (TPSA) is 109 Å². The van der Waals surface area contributed by atoms with E-state index in [2.05, 4.69) is 34.1 Å². The summed E-state index contributed by atoms with van der Waals surface area (Å²) < 4.78 is 36.8. The molecule has 3 N–H and O–H groups in total. The average molecular weight is 443 g/mol. The Labute approximate surface area is 179 Å². The standard InChI is InChI=1S/C20H34N4O5S/c1-5-30(26,27)23-18-7-6-16(13-19(18)28-4)22-20(25)21-14-17(12-15(2)3)24-8-10-29-11-9-24/h6-7,13,15,17,23H,5,8-12,14H2,1-4H3,(H2,21,22,25).